The summed E-state index contributed by atoms with van der Waals surface area (Å²) in [5.74, 6) is 0.931. The number of carbonyl (C=O) groups is 1. The Hall–Kier alpha value is -2.42. The first-order valence-corrected chi connectivity index (χ1v) is 14.6. The molecule has 1 aliphatic heterocycles. The van der Waals surface area contributed by atoms with Crippen LogP contribution in [0.2, 0.25) is 0 Å². The van der Waals surface area contributed by atoms with Crippen LogP contribution in [0.4, 0.5) is 5.82 Å². The van der Waals surface area contributed by atoms with Crippen LogP contribution in [0, 0.1) is 10.1 Å². The Morgan fingerprint density at radius 2 is 1.51 bits per heavy atom. The average Bonchev–Trinajstić information content (AvgIpc) is 2.91. The van der Waals surface area contributed by atoms with Gasteiger partial charge in [0.25, 0.3) is 11.0 Å². The molecule has 2 rings (SSSR count). The average molecular weight is 520 g/mol. The predicted octanol–water partition coefficient (Wildman–Crippen LogP) is 5.62. The van der Waals surface area contributed by atoms with Crippen LogP contribution in [0.5, 0.6) is 0 Å². The monoisotopic (exact) mass is 519 g/mol. The summed E-state index contributed by atoms with van der Waals surface area (Å²) in [7, 11) is 0. The van der Waals surface area contributed by atoms with Crippen LogP contribution >= 0.6 is 0 Å². The summed E-state index contributed by atoms with van der Waals surface area (Å²) in [4.78, 5) is 36.2. The van der Waals surface area contributed by atoms with Gasteiger partial charge in [-0.1, -0.05) is 77.6 Å². The van der Waals surface area contributed by atoms with Crippen molar-refractivity contribution in [1.82, 2.24) is 15.2 Å². The molecule has 1 aromatic heterocycles. The molecule has 0 aliphatic carbocycles. The van der Waals surface area contributed by atoms with E-state index in [0.29, 0.717) is 12.1 Å². The van der Waals surface area contributed by atoms with Gasteiger partial charge in [0.1, 0.15) is 5.82 Å². The van der Waals surface area contributed by atoms with Gasteiger partial charge in [0.15, 0.2) is 0 Å². The standard InChI is InChI=1S/C28H49N5O4/c1-2-3-19-31-20-22-32(23-21-31)27-17-16-26(25-30-27)28(34)29-18-14-12-10-8-6-4-5-7-9-11-13-15-24-37-33(35)36/h16-17,25H,2-15,18-24H2,1H3,(H,29,34). The Bertz CT molecular complexity index is 739. The van der Waals surface area contributed by atoms with Gasteiger partial charge in [0, 0.05) is 38.9 Å². The van der Waals surface area contributed by atoms with Gasteiger partial charge < -0.3 is 15.1 Å². The van der Waals surface area contributed by atoms with Crippen molar-refractivity contribution in [2.75, 3.05) is 50.8 Å². The zero-order valence-corrected chi connectivity index (χ0v) is 23.0. The normalized spacial score (nSPS) is 14.0. The van der Waals surface area contributed by atoms with Crippen molar-refractivity contribution < 1.29 is 14.7 Å². The van der Waals surface area contributed by atoms with Crippen LogP contribution in [-0.2, 0) is 4.84 Å². The summed E-state index contributed by atoms with van der Waals surface area (Å²) in [6, 6.07) is 3.87. The van der Waals surface area contributed by atoms with E-state index in [0.717, 1.165) is 64.1 Å². The minimum Gasteiger partial charge on any atom is -0.354 e. The van der Waals surface area contributed by atoms with Crippen LogP contribution in [0.15, 0.2) is 18.3 Å². The number of nitrogens with one attached hydrogen (secondary N) is 1. The Morgan fingerprint density at radius 1 is 0.919 bits per heavy atom. The molecule has 1 fully saturated rings. The molecule has 0 radical (unpaired) electrons. The maximum absolute atomic E-state index is 12.4. The van der Waals surface area contributed by atoms with Crippen molar-refractivity contribution in [2.45, 2.75) is 96.8 Å². The molecule has 2 heterocycles. The van der Waals surface area contributed by atoms with Crippen molar-refractivity contribution in [3.63, 3.8) is 0 Å². The number of anilines is 1. The third kappa shape index (κ3) is 14.2. The molecule has 0 saturated carbocycles. The minimum absolute atomic E-state index is 0.0336. The van der Waals surface area contributed by atoms with Gasteiger partial charge in [-0.25, -0.2) is 4.98 Å². The zero-order valence-electron chi connectivity index (χ0n) is 23.0. The summed E-state index contributed by atoms with van der Waals surface area (Å²) >= 11 is 0. The molecule has 9 heteroatoms. The van der Waals surface area contributed by atoms with Gasteiger partial charge in [0.2, 0.25) is 0 Å². The number of rotatable bonds is 21. The van der Waals surface area contributed by atoms with Crippen LogP contribution in [-0.4, -0.2) is 66.8 Å². The second kappa shape index (κ2) is 19.7. The molecular formula is C28H49N5O4. The van der Waals surface area contributed by atoms with Crippen molar-refractivity contribution in [3.8, 4) is 0 Å². The first kappa shape index (κ1) is 30.8. The fraction of sp³-hybridized carbons (Fsp3) is 0.786. The second-order valence-electron chi connectivity index (χ2n) is 10.1. The van der Waals surface area contributed by atoms with Gasteiger partial charge in [-0.15, -0.1) is 10.1 Å². The van der Waals surface area contributed by atoms with Crippen LogP contribution in [0.3, 0.4) is 0 Å². The Labute approximate surface area is 223 Å². The lowest BCUT2D eigenvalue weighted by Gasteiger charge is -2.35. The lowest BCUT2D eigenvalue weighted by Crippen LogP contribution is -2.46. The van der Waals surface area contributed by atoms with Crippen molar-refractivity contribution in [1.29, 1.82) is 0 Å². The van der Waals surface area contributed by atoms with E-state index in [1.807, 2.05) is 12.1 Å². The van der Waals surface area contributed by atoms with E-state index in [4.69, 9.17) is 0 Å². The van der Waals surface area contributed by atoms with Crippen LogP contribution < -0.4 is 10.2 Å². The summed E-state index contributed by atoms with van der Waals surface area (Å²) in [5.41, 5.74) is 0.634. The lowest BCUT2D eigenvalue weighted by molar-refractivity contribution is -0.757. The molecule has 0 aromatic carbocycles. The Balaban J connectivity index is 1.42. The largest absolute Gasteiger partial charge is 0.354 e. The Kier molecular flexibility index (Phi) is 16.4. The highest BCUT2D eigenvalue weighted by atomic mass is 16.9. The van der Waals surface area contributed by atoms with E-state index in [1.54, 1.807) is 6.20 Å². The number of amides is 1. The molecule has 0 unspecified atom stereocenters. The molecule has 1 N–H and O–H groups in total. The number of aromatic nitrogens is 1. The molecule has 1 amide bonds. The van der Waals surface area contributed by atoms with E-state index in [9.17, 15) is 14.9 Å². The van der Waals surface area contributed by atoms with Gasteiger partial charge in [-0.3, -0.25) is 9.69 Å². The van der Waals surface area contributed by atoms with E-state index in [-0.39, 0.29) is 12.5 Å². The van der Waals surface area contributed by atoms with E-state index in [2.05, 4.69) is 31.9 Å². The van der Waals surface area contributed by atoms with E-state index >= 15 is 0 Å². The second-order valence-corrected chi connectivity index (χ2v) is 10.1. The van der Waals surface area contributed by atoms with Crippen molar-refractivity contribution in [3.05, 3.63) is 34.0 Å². The summed E-state index contributed by atoms with van der Waals surface area (Å²) in [6.07, 6.45) is 18.0. The van der Waals surface area contributed by atoms with Crippen LogP contribution in [0.25, 0.3) is 0 Å². The number of nitrogens with zero attached hydrogens (tertiary/aromatic N) is 4. The fourth-order valence-electron chi connectivity index (χ4n) is 4.73. The topological polar surface area (TPSA) is 101 Å². The molecule has 0 bridgehead atoms. The van der Waals surface area contributed by atoms with Gasteiger partial charge >= 0.3 is 0 Å². The molecular weight excluding hydrogens is 470 g/mol. The number of carbonyl (C=O) groups excluding carboxylic acids is 1. The van der Waals surface area contributed by atoms with Crippen molar-refractivity contribution in [2.24, 2.45) is 0 Å². The molecule has 0 atom stereocenters. The number of unbranched alkanes of at least 4 members (excludes halogenated alkanes) is 12. The fourth-order valence-corrected chi connectivity index (χ4v) is 4.73. The highest BCUT2D eigenvalue weighted by Gasteiger charge is 2.17. The SMILES string of the molecule is CCCCN1CCN(c2ccc(C(=O)NCCCCCCCCCCCCCCO[N+](=O)[O-])cn2)CC1. The van der Waals surface area contributed by atoms with Crippen molar-refractivity contribution >= 4 is 11.7 Å². The molecule has 37 heavy (non-hydrogen) atoms. The summed E-state index contributed by atoms with van der Waals surface area (Å²) in [5, 5.41) is 12.4. The number of hydrogen-bond donors (Lipinski definition) is 1. The predicted molar refractivity (Wildman–Crippen MR) is 148 cm³/mol. The first-order valence-electron chi connectivity index (χ1n) is 14.6. The quantitative estimate of drug-likeness (QED) is 0.128. The van der Waals surface area contributed by atoms with Gasteiger partial charge in [-0.05, 0) is 37.9 Å². The molecule has 1 saturated heterocycles. The third-order valence-corrected chi connectivity index (χ3v) is 7.09. The number of pyridine rings is 1. The highest BCUT2D eigenvalue weighted by Crippen LogP contribution is 2.15. The summed E-state index contributed by atoms with van der Waals surface area (Å²) < 4.78 is 0. The smallest absolute Gasteiger partial charge is 0.294 e. The van der Waals surface area contributed by atoms with Gasteiger partial charge in [-0.2, -0.15) is 0 Å². The molecule has 1 aromatic rings. The van der Waals surface area contributed by atoms with Crippen LogP contribution in [0.1, 0.15) is 107 Å². The van der Waals surface area contributed by atoms with E-state index in [1.165, 1.54) is 64.3 Å². The number of piperazine rings is 1. The molecule has 1 aliphatic rings. The first-order chi connectivity index (χ1) is 18.1. The maximum atomic E-state index is 12.4. The maximum Gasteiger partial charge on any atom is 0.294 e. The van der Waals surface area contributed by atoms with E-state index < -0.39 is 5.09 Å². The van der Waals surface area contributed by atoms with Gasteiger partial charge in [0.05, 0.1) is 12.2 Å². The third-order valence-electron chi connectivity index (χ3n) is 7.09. The summed E-state index contributed by atoms with van der Waals surface area (Å²) in [6.45, 7) is 8.51. The molecule has 9 nitrogen and oxygen atoms in total. The number of hydrogen-bond acceptors (Lipinski definition) is 7. The molecule has 210 valence electrons. The molecule has 0 spiro atoms. The lowest BCUT2D eigenvalue weighted by atomic mass is 10.1. The highest BCUT2D eigenvalue weighted by molar-refractivity contribution is 5.94. The zero-order chi connectivity index (χ0) is 26.6. The minimum atomic E-state index is -0.718. The Morgan fingerprint density at radius 3 is 2.05 bits per heavy atom.